The summed E-state index contributed by atoms with van der Waals surface area (Å²) in [7, 11) is 1.72. The van der Waals surface area contributed by atoms with Crippen molar-refractivity contribution in [1.82, 2.24) is 9.80 Å². The van der Waals surface area contributed by atoms with Crippen molar-refractivity contribution >= 4 is 17.2 Å². The van der Waals surface area contributed by atoms with Crippen LogP contribution >= 0.6 is 11.3 Å². The molecule has 1 aromatic carbocycles. The van der Waals surface area contributed by atoms with Gasteiger partial charge in [0.25, 0.3) is 5.91 Å². The molecule has 0 spiro atoms. The zero-order valence-corrected chi connectivity index (χ0v) is 15.8. The molecule has 4 saturated heterocycles. The number of thiophene rings is 1. The third-order valence-electron chi connectivity index (χ3n) is 6.51. The lowest BCUT2D eigenvalue weighted by Crippen LogP contribution is -2.60. The third-order valence-corrected chi connectivity index (χ3v) is 7.37. The van der Waals surface area contributed by atoms with E-state index in [0.29, 0.717) is 23.9 Å². The van der Waals surface area contributed by atoms with Crippen molar-refractivity contribution in [2.45, 2.75) is 30.8 Å². The Balaban J connectivity index is 1.53. The quantitative estimate of drug-likeness (QED) is 0.832. The van der Waals surface area contributed by atoms with Crippen LogP contribution in [0.3, 0.4) is 0 Å². The average molecular weight is 369 g/mol. The Labute approximate surface area is 158 Å². The Morgan fingerprint density at radius 3 is 2.73 bits per heavy atom. The third kappa shape index (κ3) is 2.48. The highest BCUT2D eigenvalue weighted by Gasteiger charge is 2.54. The standard InChI is InChI=1S/C21H24N2O2S/c1-25-16-5-2-4-15(12-16)17-13-23(21(24)18-6-3-11-26-18)19-14-7-9-22(10-8-14)20(17)19/h2-6,11-12,14,17,19-20H,7-10,13H2,1H3/t17-,19+,20+/m0/s1. The highest BCUT2D eigenvalue weighted by Crippen LogP contribution is 2.47. The van der Waals surface area contributed by atoms with Gasteiger partial charge in [-0.15, -0.1) is 11.3 Å². The predicted molar refractivity (Wildman–Crippen MR) is 103 cm³/mol. The first-order valence-corrected chi connectivity index (χ1v) is 10.4. The number of piperidine rings is 3. The number of rotatable bonds is 3. The summed E-state index contributed by atoms with van der Waals surface area (Å²) in [6.45, 7) is 3.16. The Kier molecular flexibility index (Phi) is 4.02. The average Bonchev–Trinajstić information content (AvgIpc) is 3.37. The van der Waals surface area contributed by atoms with Gasteiger partial charge in [0.15, 0.2) is 0 Å². The molecule has 3 atom stereocenters. The number of hydrogen-bond acceptors (Lipinski definition) is 4. The second-order valence-electron chi connectivity index (χ2n) is 7.67. The summed E-state index contributed by atoms with van der Waals surface area (Å²) in [5.41, 5.74) is 1.30. The van der Waals surface area contributed by atoms with Crippen molar-refractivity contribution in [2.24, 2.45) is 5.92 Å². The normalized spacial score (nSPS) is 32.5. The lowest BCUT2D eigenvalue weighted by atomic mass is 9.75. The summed E-state index contributed by atoms with van der Waals surface area (Å²) in [5, 5.41) is 2.00. The number of likely N-dealkylation sites (tertiary alicyclic amines) is 1. The molecule has 0 aliphatic carbocycles. The molecule has 4 fully saturated rings. The van der Waals surface area contributed by atoms with E-state index in [1.54, 1.807) is 18.4 Å². The van der Waals surface area contributed by atoms with Crippen LogP contribution in [0, 0.1) is 5.92 Å². The molecule has 2 aromatic rings. The first-order valence-electron chi connectivity index (χ1n) is 9.49. The van der Waals surface area contributed by atoms with E-state index >= 15 is 0 Å². The van der Waals surface area contributed by atoms with Gasteiger partial charge in [0.05, 0.1) is 18.0 Å². The number of benzene rings is 1. The molecule has 1 aromatic heterocycles. The fourth-order valence-corrected chi connectivity index (χ4v) is 6.04. The molecular weight excluding hydrogens is 344 g/mol. The topological polar surface area (TPSA) is 32.8 Å². The van der Waals surface area contributed by atoms with E-state index in [9.17, 15) is 4.79 Å². The van der Waals surface area contributed by atoms with Crippen LogP contribution in [-0.4, -0.2) is 54.5 Å². The van der Waals surface area contributed by atoms with Gasteiger partial charge >= 0.3 is 0 Å². The lowest BCUT2D eigenvalue weighted by molar-refractivity contribution is -0.00326. The molecule has 6 rings (SSSR count). The van der Waals surface area contributed by atoms with Crippen LogP contribution in [0.25, 0.3) is 0 Å². The number of methoxy groups -OCH3 is 1. The molecule has 4 aliphatic rings. The first kappa shape index (κ1) is 16.3. The molecule has 0 N–H and O–H groups in total. The number of ether oxygens (including phenoxy) is 1. The molecule has 2 bridgehead atoms. The van der Waals surface area contributed by atoms with Crippen LogP contribution in [-0.2, 0) is 0 Å². The van der Waals surface area contributed by atoms with Crippen molar-refractivity contribution in [1.29, 1.82) is 0 Å². The molecule has 0 saturated carbocycles. The number of amides is 1. The van der Waals surface area contributed by atoms with E-state index in [4.69, 9.17) is 4.74 Å². The van der Waals surface area contributed by atoms with E-state index in [1.165, 1.54) is 31.5 Å². The fourth-order valence-electron chi connectivity index (χ4n) is 5.36. The Morgan fingerprint density at radius 2 is 2.00 bits per heavy atom. The van der Waals surface area contributed by atoms with Crippen LogP contribution in [0.4, 0.5) is 0 Å². The highest BCUT2D eigenvalue weighted by molar-refractivity contribution is 7.12. The van der Waals surface area contributed by atoms with Gasteiger partial charge in [-0.25, -0.2) is 0 Å². The summed E-state index contributed by atoms with van der Waals surface area (Å²) in [6.07, 6.45) is 2.44. The minimum atomic E-state index is 0.217. The van der Waals surface area contributed by atoms with Gasteiger partial charge in [-0.1, -0.05) is 18.2 Å². The van der Waals surface area contributed by atoms with Crippen LogP contribution in [0.15, 0.2) is 41.8 Å². The zero-order chi connectivity index (χ0) is 17.7. The maximum atomic E-state index is 13.2. The van der Waals surface area contributed by atoms with E-state index < -0.39 is 0 Å². The van der Waals surface area contributed by atoms with Crippen molar-refractivity contribution in [3.8, 4) is 5.75 Å². The summed E-state index contributed by atoms with van der Waals surface area (Å²) in [5.74, 6) is 2.12. The van der Waals surface area contributed by atoms with Crippen LogP contribution < -0.4 is 4.74 Å². The monoisotopic (exact) mass is 368 g/mol. The van der Waals surface area contributed by atoms with Gasteiger partial charge < -0.3 is 9.64 Å². The van der Waals surface area contributed by atoms with Crippen LogP contribution in [0.5, 0.6) is 5.75 Å². The van der Waals surface area contributed by atoms with Gasteiger partial charge in [0.1, 0.15) is 5.75 Å². The second-order valence-corrected chi connectivity index (χ2v) is 8.62. The van der Waals surface area contributed by atoms with E-state index in [-0.39, 0.29) is 5.91 Å². The molecular formula is C21H24N2O2S. The van der Waals surface area contributed by atoms with E-state index in [0.717, 1.165) is 17.2 Å². The lowest BCUT2D eigenvalue weighted by Gasteiger charge is -2.51. The Bertz CT molecular complexity index is 798. The van der Waals surface area contributed by atoms with E-state index in [2.05, 4.69) is 28.0 Å². The molecule has 4 nitrogen and oxygen atoms in total. The van der Waals surface area contributed by atoms with Crippen molar-refractivity contribution < 1.29 is 9.53 Å². The summed E-state index contributed by atoms with van der Waals surface area (Å²) < 4.78 is 5.45. The maximum Gasteiger partial charge on any atom is 0.264 e. The highest BCUT2D eigenvalue weighted by atomic mass is 32.1. The zero-order valence-electron chi connectivity index (χ0n) is 15.0. The number of fused-ring (bicyclic) bond motifs is 2. The van der Waals surface area contributed by atoms with Gasteiger partial charge in [0, 0.05) is 18.5 Å². The fraction of sp³-hybridized carbons (Fsp3) is 0.476. The van der Waals surface area contributed by atoms with E-state index in [1.807, 2.05) is 23.6 Å². The van der Waals surface area contributed by atoms with Gasteiger partial charge in [-0.2, -0.15) is 0 Å². The molecule has 5 heterocycles. The van der Waals surface area contributed by atoms with Gasteiger partial charge in [-0.05, 0) is 61.0 Å². The number of carbonyl (C=O) groups excluding carboxylic acids is 1. The second kappa shape index (κ2) is 6.39. The molecule has 5 heteroatoms. The first-order chi connectivity index (χ1) is 12.8. The molecule has 1 amide bonds. The minimum Gasteiger partial charge on any atom is -0.497 e. The van der Waals surface area contributed by atoms with Crippen molar-refractivity contribution in [3.05, 3.63) is 52.2 Å². The molecule has 0 radical (unpaired) electrons. The largest absolute Gasteiger partial charge is 0.497 e. The Hall–Kier alpha value is -1.85. The van der Waals surface area contributed by atoms with Crippen molar-refractivity contribution in [3.63, 3.8) is 0 Å². The SMILES string of the molecule is COc1cccc([C@@H]2CN(C(=O)c3cccs3)[C@@H]3C4CCN(CC4)[C@@H]32)c1. The number of hydrogen-bond donors (Lipinski definition) is 0. The van der Waals surface area contributed by atoms with Crippen LogP contribution in [0.2, 0.25) is 0 Å². The predicted octanol–water partition coefficient (Wildman–Crippen LogP) is 3.46. The summed E-state index contributed by atoms with van der Waals surface area (Å²) in [6, 6.07) is 13.2. The minimum absolute atomic E-state index is 0.217. The Morgan fingerprint density at radius 1 is 1.15 bits per heavy atom. The molecule has 0 unspecified atom stereocenters. The number of nitrogens with zero attached hydrogens (tertiary/aromatic N) is 2. The summed E-state index contributed by atoms with van der Waals surface area (Å²) in [4.78, 5) is 18.9. The maximum absolute atomic E-state index is 13.2. The molecule has 4 aliphatic heterocycles. The van der Waals surface area contributed by atoms with Crippen molar-refractivity contribution in [2.75, 3.05) is 26.7 Å². The smallest absolute Gasteiger partial charge is 0.264 e. The number of carbonyl (C=O) groups is 1. The van der Waals surface area contributed by atoms with Gasteiger partial charge in [-0.3, -0.25) is 9.69 Å². The molecule has 136 valence electrons. The molecule has 26 heavy (non-hydrogen) atoms. The van der Waals surface area contributed by atoms with Gasteiger partial charge in [0.2, 0.25) is 0 Å². The van der Waals surface area contributed by atoms with Crippen LogP contribution in [0.1, 0.15) is 34.0 Å². The summed E-state index contributed by atoms with van der Waals surface area (Å²) >= 11 is 1.56.